The predicted octanol–water partition coefficient (Wildman–Crippen LogP) is 4.40. The minimum atomic E-state index is -0.436. The zero-order chi connectivity index (χ0) is 21.8. The van der Waals surface area contributed by atoms with E-state index in [9.17, 15) is 14.0 Å². The van der Waals surface area contributed by atoms with E-state index in [4.69, 9.17) is 11.6 Å². The summed E-state index contributed by atoms with van der Waals surface area (Å²) in [6, 6.07) is 19.8. The molecule has 0 bridgehead atoms. The number of halogens is 2. The van der Waals surface area contributed by atoms with E-state index in [2.05, 4.69) is 15.6 Å². The molecule has 4 rings (SSSR count). The first kappa shape index (κ1) is 20.6. The fraction of sp³-hybridized carbons (Fsp3) is 0.0870. The third-order valence-corrected chi connectivity index (χ3v) is 5.00. The molecule has 0 aliphatic carbocycles. The average molecular weight is 437 g/mol. The summed E-state index contributed by atoms with van der Waals surface area (Å²) in [7, 11) is 0. The summed E-state index contributed by atoms with van der Waals surface area (Å²) >= 11 is 6.09. The Labute approximate surface area is 182 Å². The highest BCUT2D eigenvalue weighted by Gasteiger charge is 2.16. The van der Waals surface area contributed by atoms with Gasteiger partial charge < -0.3 is 15.2 Å². The maximum absolute atomic E-state index is 13.4. The molecule has 0 radical (unpaired) electrons. The molecular formula is C23H18ClFN4O2. The number of anilines is 1. The van der Waals surface area contributed by atoms with E-state index in [1.54, 1.807) is 34.9 Å². The summed E-state index contributed by atoms with van der Waals surface area (Å²) in [5.74, 6) is -0.606. The number of rotatable bonds is 6. The van der Waals surface area contributed by atoms with Gasteiger partial charge >= 0.3 is 0 Å². The van der Waals surface area contributed by atoms with Crippen LogP contribution in [0.15, 0.2) is 72.8 Å². The van der Waals surface area contributed by atoms with E-state index in [0.717, 1.165) is 5.52 Å². The fourth-order valence-electron chi connectivity index (χ4n) is 3.25. The lowest BCUT2D eigenvalue weighted by Gasteiger charge is -2.11. The van der Waals surface area contributed by atoms with Gasteiger partial charge in [-0.3, -0.25) is 9.59 Å². The molecule has 2 N–H and O–H groups in total. The molecule has 0 fully saturated rings. The zero-order valence-electron chi connectivity index (χ0n) is 16.3. The van der Waals surface area contributed by atoms with Crippen molar-refractivity contribution in [2.45, 2.75) is 13.1 Å². The maximum Gasteiger partial charge on any atom is 0.253 e. The third kappa shape index (κ3) is 4.73. The van der Waals surface area contributed by atoms with Crippen molar-refractivity contribution >= 4 is 40.1 Å². The minimum Gasteiger partial charge on any atom is -0.345 e. The van der Waals surface area contributed by atoms with Crippen LogP contribution in [0.3, 0.4) is 0 Å². The second-order valence-electron chi connectivity index (χ2n) is 6.82. The number of hydrogen-bond acceptors (Lipinski definition) is 3. The Morgan fingerprint density at radius 3 is 2.58 bits per heavy atom. The van der Waals surface area contributed by atoms with Crippen molar-refractivity contribution in [2.75, 3.05) is 5.32 Å². The topological polar surface area (TPSA) is 76.0 Å². The number of carbonyl (C=O) groups excluding carboxylic acids is 2. The van der Waals surface area contributed by atoms with Crippen molar-refractivity contribution in [3.8, 4) is 0 Å². The summed E-state index contributed by atoms with van der Waals surface area (Å²) in [6.07, 6.45) is 0. The summed E-state index contributed by atoms with van der Waals surface area (Å²) in [4.78, 5) is 29.7. The highest BCUT2D eigenvalue weighted by molar-refractivity contribution is 6.33. The van der Waals surface area contributed by atoms with Gasteiger partial charge in [-0.15, -0.1) is 0 Å². The lowest BCUT2D eigenvalue weighted by atomic mass is 10.2. The van der Waals surface area contributed by atoms with Gasteiger partial charge in [-0.25, -0.2) is 9.37 Å². The van der Waals surface area contributed by atoms with Gasteiger partial charge in [-0.2, -0.15) is 0 Å². The van der Waals surface area contributed by atoms with Gasteiger partial charge in [0, 0.05) is 5.69 Å². The van der Waals surface area contributed by atoms with Crippen molar-refractivity contribution in [1.82, 2.24) is 14.9 Å². The quantitative estimate of drug-likeness (QED) is 0.470. The largest absolute Gasteiger partial charge is 0.345 e. The standard InChI is InChI=1S/C23H18ClFN4O2/c24-18-9-2-1-8-17(18)23(31)26-13-21-28-19-10-3-4-11-20(19)29(21)14-22(30)27-16-7-5-6-15(25)12-16/h1-12H,13-14H2,(H,26,31)(H,27,30). The molecule has 31 heavy (non-hydrogen) atoms. The molecule has 4 aromatic rings. The first-order chi connectivity index (χ1) is 15.0. The van der Waals surface area contributed by atoms with Gasteiger partial charge in [0.25, 0.3) is 5.91 Å². The van der Waals surface area contributed by atoms with Crippen LogP contribution in [0, 0.1) is 5.82 Å². The van der Waals surface area contributed by atoms with Crippen LogP contribution in [-0.4, -0.2) is 21.4 Å². The van der Waals surface area contributed by atoms with Crippen LogP contribution in [0.4, 0.5) is 10.1 Å². The fourth-order valence-corrected chi connectivity index (χ4v) is 3.47. The first-order valence-corrected chi connectivity index (χ1v) is 9.91. The van der Waals surface area contributed by atoms with E-state index >= 15 is 0 Å². The van der Waals surface area contributed by atoms with Crippen molar-refractivity contribution < 1.29 is 14.0 Å². The molecule has 3 aromatic carbocycles. The van der Waals surface area contributed by atoms with Crippen LogP contribution >= 0.6 is 11.6 Å². The monoisotopic (exact) mass is 436 g/mol. The molecule has 0 atom stereocenters. The number of fused-ring (bicyclic) bond motifs is 1. The van der Waals surface area contributed by atoms with Crippen LogP contribution < -0.4 is 10.6 Å². The Hall–Kier alpha value is -3.71. The minimum absolute atomic E-state index is 0.0473. The van der Waals surface area contributed by atoms with E-state index in [-0.39, 0.29) is 24.9 Å². The van der Waals surface area contributed by atoms with Crippen LogP contribution in [0.5, 0.6) is 0 Å². The molecule has 0 saturated carbocycles. The Morgan fingerprint density at radius 1 is 1.00 bits per heavy atom. The highest BCUT2D eigenvalue weighted by atomic mass is 35.5. The molecule has 0 aliphatic rings. The number of para-hydroxylation sites is 2. The molecule has 0 saturated heterocycles. The normalized spacial score (nSPS) is 10.8. The van der Waals surface area contributed by atoms with Crippen molar-refractivity contribution in [3.63, 3.8) is 0 Å². The molecule has 1 aromatic heterocycles. The van der Waals surface area contributed by atoms with Crippen LogP contribution in [0.25, 0.3) is 11.0 Å². The van der Waals surface area contributed by atoms with Gasteiger partial charge in [0.1, 0.15) is 18.2 Å². The molecule has 0 spiro atoms. The molecule has 156 valence electrons. The zero-order valence-corrected chi connectivity index (χ0v) is 17.1. The number of aromatic nitrogens is 2. The van der Waals surface area contributed by atoms with Gasteiger partial charge in [0.05, 0.1) is 28.2 Å². The Morgan fingerprint density at radius 2 is 1.77 bits per heavy atom. The number of carbonyl (C=O) groups is 2. The van der Waals surface area contributed by atoms with E-state index in [1.165, 1.54) is 18.2 Å². The molecule has 1 heterocycles. The third-order valence-electron chi connectivity index (χ3n) is 4.67. The second-order valence-corrected chi connectivity index (χ2v) is 7.23. The summed E-state index contributed by atoms with van der Waals surface area (Å²) < 4.78 is 15.1. The first-order valence-electron chi connectivity index (χ1n) is 9.53. The number of nitrogens with zero attached hydrogens (tertiary/aromatic N) is 2. The van der Waals surface area contributed by atoms with Gasteiger partial charge in [-0.1, -0.05) is 41.9 Å². The summed E-state index contributed by atoms with van der Waals surface area (Å²) in [5.41, 5.74) is 2.17. The van der Waals surface area contributed by atoms with Gasteiger partial charge in [-0.05, 0) is 42.5 Å². The molecular weight excluding hydrogens is 419 g/mol. The highest BCUT2D eigenvalue weighted by Crippen LogP contribution is 2.18. The molecule has 2 amide bonds. The molecule has 0 unspecified atom stereocenters. The van der Waals surface area contributed by atoms with E-state index in [0.29, 0.717) is 27.6 Å². The van der Waals surface area contributed by atoms with E-state index < -0.39 is 5.82 Å². The molecule has 0 aliphatic heterocycles. The lowest BCUT2D eigenvalue weighted by Crippen LogP contribution is -2.26. The molecule has 6 nitrogen and oxygen atoms in total. The van der Waals surface area contributed by atoms with Crippen LogP contribution in [-0.2, 0) is 17.9 Å². The van der Waals surface area contributed by atoms with Crippen molar-refractivity contribution in [2.24, 2.45) is 0 Å². The van der Waals surface area contributed by atoms with Crippen LogP contribution in [0.2, 0.25) is 5.02 Å². The van der Waals surface area contributed by atoms with Gasteiger partial charge in [0.15, 0.2) is 0 Å². The number of amides is 2. The summed E-state index contributed by atoms with van der Waals surface area (Å²) in [6.45, 7) is 0.0559. The predicted molar refractivity (Wildman–Crippen MR) is 117 cm³/mol. The molecule has 8 heteroatoms. The SMILES string of the molecule is O=C(Cn1c(CNC(=O)c2ccccc2Cl)nc2ccccc21)Nc1cccc(F)c1. The Kier molecular flexibility index (Phi) is 5.95. The number of imidazole rings is 1. The van der Waals surface area contributed by atoms with E-state index in [1.807, 2.05) is 24.3 Å². The number of nitrogens with one attached hydrogen (secondary N) is 2. The smallest absolute Gasteiger partial charge is 0.253 e. The summed E-state index contributed by atoms with van der Waals surface area (Å²) in [5, 5.41) is 5.83. The van der Waals surface area contributed by atoms with Crippen molar-refractivity contribution in [1.29, 1.82) is 0 Å². The lowest BCUT2D eigenvalue weighted by molar-refractivity contribution is -0.116. The maximum atomic E-state index is 13.4. The average Bonchev–Trinajstić information content (AvgIpc) is 3.09. The van der Waals surface area contributed by atoms with Crippen molar-refractivity contribution in [3.05, 3.63) is 95.0 Å². The van der Waals surface area contributed by atoms with Crippen LogP contribution in [0.1, 0.15) is 16.2 Å². The Bertz CT molecular complexity index is 1270. The Balaban J connectivity index is 1.55. The second kappa shape index (κ2) is 8.97. The number of hydrogen-bond donors (Lipinski definition) is 2. The number of benzene rings is 3. The van der Waals surface area contributed by atoms with Gasteiger partial charge in [0.2, 0.25) is 5.91 Å².